The largest absolute Gasteiger partial charge is 0.496 e. The Kier molecular flexibility index (Phi) is 5.08. The Balaban J connectivity index is 2.66. The van der Waals surface area contributed by atoms with Crippen molar-refractivity contribution in [3.8, 4) is 17.9 Å². The summed E-state index contributed by atoms with van der Waals surface area (Å²) < 4.78 is 5.33. The van der Waals surface area contributed by atoms with Gasteiger partial charge < -0.3 is 10.1 Å². The third-order valence-electron chi connectivity index (χ3n) is 3.43. The van der Waals surface area contributed by atoms with Crippen LogP contribution >= 0.6 is 11.8 Å². The van der Waals surface area contributed by atoms with Crippen molar-refractivity contribution >= 4 is 17.7 Å². The number of nitriles is 2. The summed E-state index contributed by atoms with van der Waals surface area (Å²) in [4.78, 5) is 12.2. The molecule has 2 rings (SSSR count). The number of rotatable bonds is 4. The normalized spacial score (nSPS) is 20.8. The summed E-state index contributed by atoms with van der Waals surface area (Å²) in [6.07, 6.45) is 0. The summed E-state index contributed by atoms with van der Waals surface area (Å²) in [6.45, 7) is 1.94. The second-order valence-corrected chi connectivity index (χ2v) is 5.88. The molecule has 0 saturated heterocycles. The van der Waals surface area contributed by atoms with Crippen molar-refractivity contribution in [2.75, 3.05) is 12.9 Å². The Bertz CT molecular complexity index is 700. The third kappa shape index (κ3) is 2.79. The van der Waals surface area contributed by atoms with Crippen molar-refractivity contribution in [2.45, 2.75) is 12.8 Å². The fourth-order valence-corrected chi connectivity index (χ4v) is 3.28. The van der Waals surface area contributed by atoms with Gasteiger partial charge in [-0.25, -0.2) is 0 Å². The molecule has 1 N–H and O–H groups in total. The van der Waals surface area contributed by atoms with E-state index in [1.54, 1.807) is 18.2 Å². The standard InChI is InChI=1S/C16H15N3O2S/c1-3-22-16-12(9-18)14(11(8-17)15(20)19-16)10-6-4-5-7-13(10)21-2/h4-7,11,14H,3H2,1-2H3,(H,19,20)/t11-,14+/m1/s1. The van der Waals surface area contributed by atoms with Crippen molar-refractivity contribution in [1.82, 2.24) is 5.32 Å². The number of hydrogen-bond donors (Lipinski definition) is 1. The Morgan fingerprint density at radius 2 is 2.09 bits per heavy atom. The molecule has 1 aliphatic rings. The van der Waals surface area contributed by atoms with Crippen LogP contribution in [0.15, 0.2) is 34.9 Å². The molecule has 0 spiro atoms. The minimum atomic E-state index is -0.952. The number of carbonyl (C=O) groups excluding carboxylic acids is 1. The number of benzene rings is 1. The number of carbonyl (C=O) groups is 1. The number of thioether (sulfide) groups is 1. The van der Waals surface area contributed by atoms with Gasteiger partial charge in [-0.1, -0.05) is 25.1 Å². The first-order chi connectivity index (χ1) is 10.7. The van der Waals surface area contributed by atoms with Gasteiger partial charge in [0.05, 0.1) is 35.8 Å². The molecule has 0 fully saturated rings. The van der Waals surface area contributed by atoms with Crippen LogP contribution in [0.3, 0.4) is 0 Å². The van der Waals surface area contributed by atoms with E-state index in [1.165, 1.54) is 18.9 Å². The summed E-state index contributed by atoms with van der Waals surface area (Å²) >= 11 is 1.39. The van der Waals surface area contributed by atoms with E-state index in [9.17, 15) is 15.3 Å². The van der Waals surface area contributed by atoms with Gasteiger partial charge in [-0.15, -0.1) is 11.8 Å². The van der Waals surface area contributed by atoms with Crippen LogP contribution in [-0.2, 0) is 4.79 Å². The predicted molar refractivity (Wildman–Crippen MR) is 83.8 cm³/mol. The lowest BCUT2D eigenvalue weighted by atomic mass is 9.79. The van der Waals surface area contributed by atoms with Gasteiger partial charge in [-0.3, -0.25) is 4.79 Å². The fraction of sp³-hybridized carbons (Fsp3) is 0.312. The molecule has 22 heavy (non-hydrogen) atoms. The summed E-state index contributed by atoms with van der Waals surface area (Å²) in [6, 6.07) is 11.3. The van der Waals surface area contributed by atoms with Crippen molar-refractivity contribution in [3.63, 3.8) is 0 Å². The van der Waals surface area contributed by atoms with Gasteiger partial charge in [0.15, 0.2) is 0 Å². The number of ether oxygens (including phenoxy) is 1. The maximum Gasteiger partial charge on any atom is 0.243 e. The molecule has 0 aromatic heterocycles. The van der Waals surface area contributed by atoms with Crippen molar-refractivity contribution in [3.05, 3.63) is 40.4 Å². The molecule has 5 nitrogen and oxygen atoms in total. The summed E-state index contributed by atoms with van der Waals surface area (Å²) in [5, 5.41) is 22.2. The van der Waals surface area contributed by atoms with Crippen LogP contribution in [0.4, 0.5) is 0 Å². The van der Waals surface area contributed by atoms with Crippen molar-refractivity contribution < 1.29 is 9.53 Å². The summed E-state index contributed by atoms with van der Waals surface area (Å²) in [5.41, 5.74) is 1.08. The maximum atomic E-state index is 12.2. The van der Waals surface area contributed by atoms with Crippen molar-refractivity contribution in [2.24, 2.45) is 5.92 Å². The number of nitrogens with one attached hydrogen (secondary N) is 1. The van der Waals surface area contributed by atoms with Crippen molar-refractivity contribution in [1.29, 1.82) is 10.5 Å². The first-order valence-electron chi connectivity index (χ1n) is 6.78. The number of allylic oxidation sites excluding steroid dienone is 1. The van der Waals surface area contributed by atoms with E-state index in [2.05, 4.69) is 11.4 Å². The van der Waals surface area contributed by atoms with Gasteiger partial charge in [0.1, 0.15) is 11.7 Å². The highest BCUT2D eigenvalue weighted by molar-refractivity contribution is 8.03. The smallest absolute Gasteiger partial charge is 0.243 e. The summed E-state index contributed by atoms with van der Waals surface area (Å²) in [5.74, 6) is -0.665. The molecule has 0 saturated carbocycles. The predicted octanol–water partition coefficient (Wildman–Crippen LogP) is 2.54. The average Bonchev–Trinajstić information content (AvgIpc) is 2.54. The van der Waals surface area contributed by atoms with E-state index in [1.807, 2.05) is 19.1 Å². The van der Waals surface area contributed by atoms with Crippen LogP contribution in [0.25, 0.3) is 0 Å². The van der Waals surface area contributed by atoms with Gasteiger partial charge in [0.2, 0.25) is 5.91 Å². The molecule has 0 aliphatic carbocycles. The molecule has 1 aromatic rings. The zero-order chi connectivity index (χ0) is 16.1. The molecule has 112 valence electrons. The minimum Gasteiger partial charge on any atom is -0.496 e. The Morgan fingerprint density at radius 1 is 1.36 bits per heavy atom. The van der Waals surface area contributed by atoms with Crippen LogP contribution in [0.5, 0.6) is 5.75 Å². The first-order valence-corrected chi connectivity index (χ1v) is 7.76. The quantitative estimate of drug-likeness (QED) is 0.923. The lowest BCUT2D eigenvalue weighted by Crippen LogP contribution is -2.39. The minimum absolute atomic E-state index is 0.381. The second-order valence-electron chi connectivity index (χ2n) is 4.60. The van der Waals surface area contributed by atoms with Gasteiger partial charge in [0.25, 0.3) is 0 Å². The zero-order valence-electron chi connectivity index (χ0n) is 12.3. The third-order valence-corrected chi connectivity index (χ3v) is 4.33. The lowest BCUT2D eigenvalue weighted by molar-refractivity contribution is -0.123. The average molecular weight is 313 g/mol. The number of hydrogen-bond acceptors (Lipinski definition) is 5. The number of para-hydroxylation sites is 1. The highest BCUT2D eigenvalue weighted by atomic mass is 32.2. The molecule has 0 unspecified atom stereocenters. The molecular formula is C16H15N3O2S. The van der Waals surface area contributed by atoms with Gasteiger partial charge in [-0.2, -0.15) is 10.5 Å². The van der Waals surface area contributed by atoms with Crippen LogP contribution in [0.1, 0.15) is 18.4 Å². The molecule has 2 atom stereocenters. The van der Waals surface area contributed by atoms with E-state index in [0.29, 0.717) is 21.9 Å². The van der Waals surface area contributed by atoms with E-state index >= 15 is 0 Å². The Hall–Kier alpha value is -2.44. The van der Waals surface area contributed by atoms with Crippen LogP contribution in [-0.4, -0.2) is 18.8 Å². The fourth-order valence-electron chi connectivity index (χ4n) is 2.49. The van der Waals surface area contributed by atoms with Gasteiger partial charge in [0, 0.05) is 5.56 Å². The maximum absolute atomic E-state index is 12.2. The monoisotopic (exact) mass is 313 g/mol. The molecule has 0 radical (unpaired) electrons. The Labute approximate surface area is 133 Å². The molecule has 1 aromatic carbocycles. The van der Waals surface area contributed by atoms with Crippen LogP contribution < -0.4 is 10.1 Å². The molecule has 1 heterocycles. The summed E-state index contributed by atoms with van der Waals surface area (Å²) in [7, 11) is 1.53. The molecule has 1 aliphatic heterocycles. The van der Waals surface area contributed by atoms with Gasteiger partial charge in [-0.05, 0) is 11.8 Å². The first kappa shape index (κ1) is 15.9. The Morgan fingerprint density at radius 3 is 2.68 bits per heavy atom. The van der Waals surface area contributed by atoms with E-state index in [-0.39, 0.29) is 5.91 Å². The lowest BCUT2D eigenvalue weighted by Gasteiger charge is -2.29. The van der Waals surface area contributed by atoms with E-state index < -0.39 is 11.8 Å². The number of methoxy groups -OCH3 is 1. The highest BCUT2D eigenvalue weighted by Gasteiger charge is 2.40. The molecular weight excluding hydrogens is 298 g/mol. The molecule has 6 heteroatoms. The second kappa shape index (κ2) is 7.02. The van der Waals surface area contributed by atoms with Crippen LogP contribution in [0, 0.1) is 28.6 Å². The van der Waals surface area contributed by atoms with E-state index in [4.69, 9.17) is 4.74 Å². The molecule has 1 amide bonds. The SMILES string of the molecule is CCSC1=C(C#N)[C@@H](c2ccccc2OC)[C@@H](C#N)C(=O)N1. The number of nitrogens with zero attached hydrogens (tertiary/aromatic N) is 2. The zero-order valence-corrected chi connectivity index (χ0v) is 13.1. The highest BCUT2D eigenvalue weighted by Crippen LogP contribution is 2.42. The topological polar surface area (TPSA) is 85.9 Å². The van der Waals surface area contributed by atoms with E-state index in [0.717, 1.165) is 5.75 Å². The molecule has 0 bridgehead atoms. The van der Waals surface area contributed by atoms with Crippen LogP contribution in [0.2, 0.25) is 0 Å². The van der Waals surface area contributed by atoms with Gasteiger partial charge >= 0.3 is 0 Å². The number of amides is 1.